The summed E-state index contributed by atoms with van der Waals surface area (Å²) in [7, 11) is 0. The van der Waals surface area contributed by atoms with Crippen molar-refractivity contribution in [2.24, 2.45) is 0 Å². The summed E-state index contributed by atoms with van der Waals surface area (Å²) < 4.78 is 17.2. The fraction of sp³-hybridized carbons (Fsp3) is 0.538. The van der Waals surface area contributed by atoms with E-state index in [9.17, 15) is 0 Å². The van der Waals surface area contributed by atoms with Crippen molar-refractivity contribution in [3.8, 4) is 5.75 Å². The number of hydrogen-bond acceptors (Lipinski definition) is 3. The molecule has 1 rings (SSSR count). The van der Waals surface area contributed by atoms with Crippen LogP contribution in [0.1, 0.15) is 20.3 Å². The van der Waals surface area contributed by atoms with Crippen LogP contribution >= 0.6 is 39.1 Å². The maximum atomic E-state index is 6.06. The topological polar surface area (TPSA) is 27.7 Å². The molecule has 0 bridgehead atoms. The van der Waals surface area contributed by atoms with Gasteiger partial charge in [-0.15, -0.1) is 0 Å². The molecule has 0 unspecified atom stereocenters. The molecule has 0 aliphatic carbocycles. The first-order valence-electron chi connectivity index (χ1n) is 6.09. The lowest BCUT2D eigenvalue weighted by Gasteiger charge is -2.17. The Kier molecular flexibility index (Phi) is 8.11. The first-order valence-corrected chi connectivity index (χ1v) is 7.63. The minimum atomic E-state index is -0.250. The van der Waals surface area contributed by atoms with E-state index in [1.807, 2.05) is 13.8 Å². The zero-order chi connectivity index (χ0) is 14.3. The Morgan fingerprint density at radius 3 is 2.32 bits per heavy atom. The van der Waals surface area contributed by atoms with Crippen LogP contribution in [-0.4, -0.2) is 26.1 Å². The number of benzene rings is 1. The number of rotatable bonds is 8. The summed E-state index contributed by atoms with van der Waals surface area (Å²) >= 11 is 15.4. The van der Waals surface area contributed by atoms with Crippen molar-refractivity contribution in [2.75, 3.05) is 19.8 Å². The Hall–Kier alpha value is -0.0000000000000000763. The lowest BCUT2D eigenvalue weighted by molar-refractivity contribution is -0.142. The zero-order valence-electron chi connectivity index (χ0n) is 10.9. The molecule has 108 valence electrons. The summed E-state index contributed by atoms with van der Waals surface area (Å²) in [5.74, 6) is 0.557. The van der Waals surface area contributed by atoms with E-state index < -0.39 is 0 Å². The zero-order valence-corrected chi connectivity index (χ0v) is 14.0. The van der Waals surface area contributed by atoms with Crippen molar-refractivity contribution in [3.63, 3.8) is 0 Å². The quantitative estimate of drug-likeness (QED) is 0.479. The maximum Gasteiger partial charge on any atom is 0.160 e. The predicted octanol–water partition coefficient (Wildman–Crippen LogP) is 4.92. The smallest absolute Gasteiger partial charge is 0.160 e. The van der Waals surface area contributed by atoms with E-state index >= 15 is 0 Å². The lowest BCUT2D eigenvalue weighted by Crippen LogP contribution is -2.20. The minimum Gasteiger partial charge on any atom is -0.492 e. The summed E-state index contributed by atoms with van der Waals surface area (Å²) in [4.78, 5) is 0. The molecule has 0 amide bonds. The summed E-state index contributed by atoms with van der Waals surface area (Å²) in [6.45, 7) is 5.52. The third kappa shape index (κ3) is 5.88. The van der Waals surface area contributed by atoms with Gasteiger partial charge in [-0.3, -0.25) is 0 Å². The highest BCUT2D eigenvalue weighted by atomic mass is 79.9. The summed E-state index contributed by atoms with van der Waals surface area (Å²) in [5.41, 5.74) is 0. The van der Waals surface area contributed by atoms with Gasteiger partial charge in [-0.05, 0) is 35.8 Å². The third-order valence-electron chi connectivity index (χ3n) is 2.29. The molecule has 1 aromatic carbocycles. The Bertz CT molecular complexity index is 396. The molecule has 0 N–H and O–H groups in total. The molecule has 0 radical (unpaired) electrons. The second-order valence-electron chi connectivity index (χ2n) is 3.67. The monoisotopic (exact) mass is 370 g/mol. The molecule has 0 aliphatic rings. The SMILES string of the molecule is CCOC(CCOc1cc(Cl)c(Br)cc1Cl)OCC. The highest BCUT2D eigenvalue weighted by Crippen LogP contribution is 2.34. The normalized spacial score (nSPS) is 11.1. The van der Waals surface area contributed by atoms with Gasteiger partial charge in [0.15, 0.2) is 6.29 Å². The van der Waals surface area contributed by atoms with Crippen LogP contribution < -0.4 is 4.74 Å². The van der Waals surface area contributed by atoms with E-state index in [0.717, 1.165) is 4.47 Å². The van der Waals surface area contributed by atoms with E-state index in [1.54, 1.807) is 12.1 Å². The second-order valence-corrected chi connectivity index (χ2v) is 5.34. The van der Waals surface area contributed by atoms with Crippen LogP contribution in [0.3, 0.4) is 0 Å². The molecule has 19 heavy (non-hydrogen) atoms. The predicted molar refractivity (Wildman–Crippen MR) is 81.3 cm³/mol. The summed E-state index contributed by atoms with van der Waals surface area (Å²) in [6.07, 6.45) is 0.380. The highest BCUT2D eigenvalue weighted by molar-refractivity contribution is 9.10. The van der Waals surface area contributed by atoms with Gasteiger partial charge in [0.05, 0.1) is 16.7 Å². The molecular weight excluding hydrogens is 355 g/mol. The van der Waals surface area contributed by atoms with Crippen molar-refractivity contribution in [3.05, 3.63) is 26.7 Å². The van der Waals surface area contributed by atoms with Crippen molar-refractivity contribution in [1.82, 2.24) is 0 Å². The molecule has 1 aromatic rings. The van der Waals surface area contributed by atoms with Crippen LogP contribution in [0.4, 0.5) is 0 Å². The Labute approximate surface area is 132 Å². The Balaban J connectivity index is 2.50. The molecule has 0 aliphatic heterocycles. The van der Waals surface area contributed by atoms with Crippen LogP contribution in [0.2, 0.25) is 10.0 Å². The van der Waals surface area contributed by atoms with Gasteiger partial charge in [-0.2, -0.15) is 0 Å². The fourth-order valence-electron chi connectivity index (χ4n) is 1.47. The average Bonchev–Trinajstić information content (AvgIpc) is 2.36. The van der Waals surface area contributed by atoms with Crippen LogP contribution in [0.5, 0.6) is 5.75 Å². The molecule has 3 nitrogen and oxygen atoms in total. The van der Waals surface area contributed by atoms with Gasteiger partial charge in [0.1, 0.15) is 5.75 Å². The number of ether oxygens (including phenoxy) is 3. The van der Waals surface area contributed by atoms with Gasteiger partial charge in [0.2, 0.25) is 0 Å². The number of halogens is 3. The molecule has 0 saturated heterocycles. The lowest BCUT2D eigenvalue weighted by atomic mass is 10.3. The molecule has 0 aromatic heterocycles. The molecule has 0 atom stereocenters. The van der Waals surface area contributed by atoms with Gasteiger partial charge in [0, 0.05) is 30.2 Å². The molecule has 0 spiro atoms. The van der Waals surface area contributed by atoms with Crippen molar-refractivity contribution in [1.29, 1.82) is 0 Å². The standard InChI is InChI=1S/C13H17BrCl2O3/c1-3-17-13(18-4-2)5-6-19-12-8-10(15)9(14)7-11(12)16/h7-8,13H,3-6H2,1-2H3. The highest BCUT2D eigenvalue weighted by Gasteiger charge is 2.10. The van der Waals surface area contributed by atoms with E-state index in [-0.39, 0.29) is 6.29 Å². The van der Waals surface area contributed by atoms with Gasteiger partial charge >= 0.3 is 0 Å². The largest absolute Gasteiger partial charge is 0.492 e. The van der Waals surface area contributed by atoms with Crippen molar-refractivity contribution >= 4 is 39.1 Å². The van der Waals surface area contributed by atoms with Gasteiger partial charge in [-0.25, -0.2) is 0 Å². The van der Waals surface area contributed by atoms with Gasteiger partial charge in [-0.1, -0.05) is 23.2 Å². The van der Waals surface area contributed by atoms with Gasteiger partial charge in [0.25, 0.3) is 0 Å². The minimum absolute atomic E-state index is 0.250. The van der Waals surface area contributed by atoms with E-state index in [2.05, 4.69) is 15.9 Å². The summed E-state index contributed by atoms with van der Waals surface area (Å²) in [5, 5.41) is 1.08. The van der Waals surface area contributed by atoms with E-state index in [1.165, 1.54) is 0 Å². The van der Waals surface area contributed by atoms with Crippen LogP contribution in [-0.2, 0) is 9.47 Å². The first kappa shape index (κ1) is 17.1. The molecule has 0 saturated carbocycles. The van der Waals surface area contributed by atoms with Crippen LogP contribution in [0, 0.1) is 0 Å². The average molecular weight is 372 g/mol. The third-order valence-corrected chi connectivity index (χ3v) is 3.78. The maximum absolute atomic E-state index is 6.06. The van der Waals surface area contributed by atoms with Crippen molar-refractivity contribution in [2.45, 2.75) is 26.6 Å². The van der Waals surface area contributed by atoms with E-state index in [4.69, 9.17) is 37.4 Å². The first-order chi connectivity index (χ1) is 9.08. The molecule has 0 fully saturated rings. The Morgan fingerprint density at radius 2 is 1.74 bits per heavy atom. The molecule has 0 heterocycles. The van der Waals surface area contributed by atoms with Gasteiger partial charge < -0.3 is 14.2 Å². The second kappa shape index (κ2) is 9.03. The molecular formula is C13H17BrCl2O3. The van der Waals surface area contributed by atoms with E-state index in [0.29, 0.717) is 42.0 Å². The Morgan fingerprint density at radius 1 is 1.11 bits per heavy atom. The van der Waals surface area contributed by atoms with Crippen LogP contribution in [0.25, 0.3) is 0 Å². The van der Waals surface area contributed by atoms with Crippen LogP contribution in [0.15, 0.2) is 16.6 Å². The molecule has 6 heteroatoms. The number of hydrogen-bond donors (Lipinski definition) is 0. The summed E-state index contributed by atoms with van der Waals surface area (Å²) in [6, 6.07) is 3.39. The van der Waals surface area contributed by atoms with Crippen molar-refractivity contribution < 1.29 is 14.2 Å². The fourth-order valence-corrected chi connectivity index (χ4v) is 2.31.